The normalized spacial score (nSPS) is 17.8. The van der Waals surface area contributed by atoms with Gasteiger partial charge in [0.05, 0.1) is 19.5 Å². The summed E-state index contributed by atoms with van der Waals surface area (Å²) in [6.07, 6.45) is 1.12. The van der Waals surface area contributed by atoms with Crippen LogP contribution in [-0.4, -0.2) is 46.1 Å². The molecule has 210 valence electrons. The smallest absolute Gasteiger partial charge is 0.497 e. The summed E-state index contributed by atoms with van der Waals surface area (Å²) in [5.74, 6) is -0.0976. The van der Waals surface area contributed by atoms with Gasteiger partial charge in [-0.05, 0) is 60.2 Å². The highest BCUT2D eigenvalue weighted by Gasteiger charge is 2.50. The molecular formula is C25H30F3NO7S2. The second-order valence-electron chi connectivity index (χ2n) is 9.06. The highest BCUT2D eigenvalue weighted by molar-refractivity contribution is 7.89. The van der Waals surface area contributed by atoms with Crippen LogP contribution >= 0.6 is 0 Å². The summed E-state index contributed by atoms with van der Waals surface area (Å²) in [6.45, 7) is 3.35. The molecule has 38 heavy (non-hydrogen) atoms. The first kappa shape index (κ1) is 29.8. The Morgan fingerprint density at radius 1 is 0.868 bits per heavy atom. The molecule has 0 N–H and O–H groups in total. The number of methoxy groups -OCH3 is 2. The monoisotopic (exact) mass is 577 g/mol. The average Bonchev–Trinajstić information content (AvgIpc) is 2.84. The van der Waals surface area contributed by atoms with Gasteiger partial charge in [0.1, 0.15) is 17.3 Å². The van der Waals surface area contributed by atoms with Crippen LogP contribution < -0.4 is 9.47 Å². The third-order valence-corrected chi connectivity index (χ3v) is 9.97. The summed E-state index contributed by atoms with van der Waals surface area (Å²) < 4.78 is 104. The maximum absolute atomic E-state index is 13.8. The molecule has 3 atom stereocenters. The van der Waals surface area contributed by atoms with E-state index in [0.29, 0.717) is 11.5 Å². The van der Waals surface area contributed by atoms with E-state index in [1.54, 1.807) is 55.5 Å². The van der Waals surface area contributed by atoms with Crippen LogP contribution in [0.2, 0.25) is 0 Å². The van der Waals surface area contributed by atoms with Gasteiger partial charge in [0.2, 0.25) is 10.0 Å². The van der Waals surface area contributed by atoms with E-state index in [2.05, 4.69) is 4.18 Å². The lowest BCUT2D eigenvalue weighted by Gasteiger charge is -2.35. The Hall–Kier alpha value is -2.77. The summed E-state index contributed by atoms with van der Waals surface area (Å²) in [6, 6.07) is 14.0. The van der Waals surface area contributed by atoms with E-state index >= 15 is 0 Å². The van der Waals surface area contributed by atoms with Crippen LogP contribution in [0.1, 0.15) is 31.4 Å². The van der Waals surface area contributed by atoms with E-state index in [1.165, 1.54) is 31.5 Å². The van der Waals surface area contributed by atoms with Gasteiger partial charge in [-0.15, -0.1) is 0 Å². The Morgan fingerprint density at radius 3 is 1.66 bits per heavy atom. The van der Waals surface area contributed by atoms with Crippen LogP contribution in [0.15, 0.2) is 60.4 Å². The van der Waals surface area contributed by atoms with Gasteiger partial charge in [-0.25, -0.2) is 8.42 Å². The van der Waals surface area contributed by atoms with Crippen molar-refractivity contribution >= 4 is 20.1 Å². The largest absolute Gasteiger partial charge is 0.534 e. The Kier molecular flexibility index (Phi) is 9.04. The molecule has 0 saturated carbocycles. The fourth-order valence-corrected chi connectivity index (χ4v) is 6.36. The van der Waals surface area contributed by atoms with Crippen molar-refractivity contribution < 1.29 is 43.7 Å². The first-order valence-electron chi connectivity index (χ1n) is 11.6. The first-order valence-corrected chi connectivity index (χ1v) is 14.6. The molecule has 0 aromatic heterocycles. The second kappa shape index (κ2) is 11.5. The summed E-state index contributed by atoms with van der Waals surface area (Å²) in [7, 11) is -6.62. The lowest BCUT2D eigenvalue weighted by Crippen LogP contribution is -2.42. The van der Waals surface area contributed by atoms with E-state index < -0.39 is 42.7 Å². The highest BCUT2D eigenvalue weighted by Crippen LogP contribution is 2.39. The molecule has 0 bridgehead atoms. The molecule has 13 heteroatoms. The van der Waals surface area contributed by atoms with Gasteiger partial charge in [-0.3, -0.25) is 0 Å². The molecule has 1 aliphatic carbocycles. The van der Waals surface area contributed by atoms with Crippen LogP contribution in [0.4, 0.5) is 13.2 Å². The van der Waals surface area contributed by atoms with Crippen LogP contribution in [0.3, 0.4) is 0 Å². The Balaban J connectivity index is 1.81. The maximum atomic E-state index is 13.8. The summed E-state index contributed by atoms with van der Waals surface area (Å²) in [5, 5.41) is -0.930. The van der Waals surface area contributed by atoms with Gasteiger partial charge < -0.3 is 13.7 Å². The minimum Gasteiger partial charge on any atom is -0.497 e. The predicted octanol–water partition coefficient (Wildman–Crippen LogP) is 4.83. The molecule has 0 radical (unpaired) electrons. The number of hydrogen-bond acceptors (Lipinski definition) is 7. The third kappa shape index (κ3) is 6.80. The number of benzene rings is 2. The molecule has 0 heterocycles. The molecule has 0 amide bonds. The number of hydrogen-bond donors (Lipinski definition) is 0. The maximum Gasteiger partial charge on any atom is 0.534 e. The van der Waals surface area contributed by atoms with Crippen molar-refractivity contribution in [2.45, 2.75) is 44.1 Å². The minimum atomic E-state index is -5.76. The number of alkyl halides is 3. The van der Waals surface area contributed by atoms with Gasteiger partial charge in [-0.2, -0.15) is 25.9 Å². The molecule has 1 aliphatic rings. The quantitative estimate of drug-likeness (QED) is 0.263. The molecular weight excluding hydrogens is 547 g/mol. The molecule has 0 spiro atoms. The lowest BCUT2D eigenvalue weighted by atomic mass is 9.81. The van der Waals surface area contributed by atoms with Crippen molar-refractivity contribution in [3.63, 3.8) is 0 Å². The highest BCUT2D eigenvalue weighted by atomic mass is 32.2. The van der Waals surface area contributed by atoms with Gasteiger partial charge in [-0.1, -0.05) is 31.2 Å². The molecule has 0 saturated heterocycles. The van der Waals surface area contributed by atoms with Gasteiger partial charge >= 0.3 is 15.6 Å². The molecule has 0 aliphatic heterocycles. The second-order valence-corrected chi connectivity index (χ2v) is 12.9. The Labute approximate surface area is 221 Å². The van der Waals surface area contributed by atoms with Crippen molar-refractivity contribution in [2.24, 2.45) is 11.8 Å². The Morgan fingerprint density at radius 2 is 1.29 bits per heavy atom. The van der Waals surface area contributed by atoms with Gasteiger partial charge in [0.15, 0.2) is 0 Å². The van der Waals surface area contributed by atoms with E-state index in [9.17, 15) is 30.0 Å². The number of allylic oxidation sites excluding steroid dienone is 2. The average molecular weight is 578 g/mol. The van der Waals surface area contributed by atoms with Crippen LogP contribution in [0.25, 0.3) is 0 Å². The summed E-state index contributed by atoms with van der Waals surface area (Å²) in [4.78, 5) is 0. The minimum absolute atomic E-state index is 0.0775. The standard InChI is InChI=1S/C25H30F3NO7S2/c1-17(21-13-24(14-21)36-38(32,33)25(26,27)28)18(2)37(30,31)29(15-19-5-9-22(34-3)10-6-19)16-20-7-11-23(35-4)12-8-20/h5-13,17-18,21H,14-16H2,1-4H3/t17-,18-,21-/m1/s1. The number of halogens is 3. The first-order chi connectivity index (χ1) is 17.7. The zero-order valence-electron chi connectivity index (χ0n) is 21.3. The Bertz CT molecular complexity index is 1290. The molecule has 0 unspecified atom stereocenters. The van der Waals surface area contributed by atoms with E-state index in [4.69, 9.17) is 9.47 Å². The van der Waals surface area contributed by atoms with E-state index in [1.807, 2.05) is 0 Å². The zero-order valence-corrected chi connectivity index (χ0v) is 22.9. The summed E-state index contributed by atoms with van der Waals surface area (Å²) >= 11 is 0. The molecule has 3 rings (SSSR count). The van der Waals surface area contributed by atoms with Crippen molar-refractivity contribution in [3.05, 3.63) is 71.5 Å². The molecule has 2 aromatic carbocycles. The third-order valence-electron chi connectivity index (χ3n) is 6.62. The topological polar surface area (TPSA) is 99.2 Å². The zero-order chi connectivity index (χ0) is 28.3. The van der Waals surface area contributed by atoms with Crippen molar-refractivity contribution in [1.29, 1.82) is 0 Å². The fourth-order valence-electron chi connectivity index (χ4n) is 3.98. The summed E-state index contributed by atoms with van der Waals surface area (Å²) in [5.41, 5.74) is -4.07. The van der Waals surface area contributed by atoms with Gasteiger partial charge in [0, 0.05) is 19.5 Å². The van der Waals surface area contributed by atoms with Crippen molar-refractivity contribution in [1.82, 2.24) is 4.31 Å². The van der Waals surface area contributed by atoms with E-state index in [0.717, 1.165) is 11.1 Å². The number of rotatable bonds is 12. The van der Waals surface area contributed by atoms with Crippen LogP contribution in [0, 0.1) is 11.8 Å². The number of ether oxygens (including phenoxy) is 2. The SMILES string of the molecule is COc1ccc(CN(Cc2ccc(OC)cc2)S(=O)(=O)[C@H](C)[C@@H](C)[C@@H]2C=C(OS(=O)(=O)C(F)(F)F)C2)cc1. The van der Waals surface area contributed by atoms with E-state index in [-0.39, 0.29) is 25.3 Å². The fraction of sp³-hybridized carbons (Fsp3) is 0.440. The number of sulfonamides is 1. The number of nitrogens with zero attached hydrogens (tertiary/aromatic N) is 1. The molecule has 0 fully saturated rings. The van der Waals surface area contributed by atoms with Crippen molar-refractivity contribution in [2.75, 3.05) is 14.2 Å². The predicted molar refractivity (Wildman–Crippen MR) is 135 cm³/mol. The van der Waals surface area contributed by atoms with Crippen molar-refractivity contribution in [3.8, 4) is 11.5 Å². The van der Waals surface area contributed by atoms with Crippen LogP contribution in [0.5, 0.6) is 11.5 Å². The molecule has 2 aromatic rings. The van der Waals surface area contributed by atoms with Gasteiger partial charge in [0.25, 0.3) is 0 Å². The molecule has 8 nitrogen and oxygen atoms in total. The lowest BCUT2D eigenvalue weighted by molar-refractivity contribution is -0.0528. The van der Waals surface area contributed by atoms with Crippen LogP contribution in [-0.2, 0) is 37.4 Å².